The predicted octanol–water partition coefficient (Wildman–Crippen LogP) is 3.70. The molecule has 2 aliphatic rings. The van der Waals surface area contributed by atoms with Crippen LogP contribution in [-0.2, 0) is 11.3 Å². The zero-order valence-corrected chi connectivity index (χ0v) is 20.7. The number of benzene rings is 1. The van der Waals surface area contributed by atoms with Crippen LogP contribution in [0.3, 0.4) is 0 Å². The second-order valence-electron chi connectivity index (χ2n) is 8.87. The minimum Gasteiger partial charge on any atom is -0.335 e. The highest BCUT2D eigenvalue weighted by Crippen LogP contribution is 2.37. The number of carbonyl (C=O) groups excluding carboxylic acids is 1. The molecule has 2 aromatic heterocycles. The van der Waals surface area contributed by atoms with Gasteiger partial charge in [0.2, 0.25) is 5.91 Å². The molecule has 1 N–H and O–H groups in total. The minimum absolute atomic E-state index is 0.0124. The molecule has 1 atom stereocenters. The molecule has 4 heterocycles. The molecular formula is C24H21BrF2N4O2S. The van der Waals surface area contributed by atoms with E-state index in [0.717, 1.165) is 19.4 Å². The first-order chi connectivity index (χ1) is 16.2. The van der Waals surface area contributed by atoms with Crippen LogP contribution in [0.5, 0.6) is 0 Å². The number of alkyl halides is 1. The molecule has 2 saturated heterocycles. The van der Waals surface area contributed by atoms with Crippen molar-refractivity contribution in [2.24, 2.45) is 0 Å². The predicted molar refractivity (Wildman–Crippen MR) is 131 cm³/mol. The van der Waals surface area contributed by atoms with Gasteiger partial charge in [0.15, 0.2) is 0 Å². The van der Waals surface area contributed by atoms with Crippen molar-refractivity contribution in [2.75, 3.05) is 19.6 Å². The van der Waals surface area contributed by atoms with E-state index in [0.29, 0.717) is 26.2 Å². The van der Waals surface area contributed by atoms with Gasteiger partial charge >= 0.3 is 0 Å². The van der Waals surface area contributed by atoms with Crippen LogP contribution in [0.15, 0.2) is 33.8 Å². The van der Waals surface area contributed by atoms with E-state index in [1.54, 1.807) is 12.1 Å². The highest BCUT2D eigenvalue weighted by atomic mass is 79.9. The Bertz CT molecular complexity index is 1410. The van der Waals surface area contributed by atoms with Crippen LogP contribution >= 0.6 is 27.3 Å². The molecule has 1 amide bonds. The third kappa shape index (κ3) is 4.40. The molecule has 5 rings (SSSR count). The Balaban J connectivity index is 1.59. The van der Waals surface area contributed by atoms with E-state index in [9.17, 15) is 18.4 Å². The number of thiophene rings is 1. The second-order valence-corrected chi connectivity index (χ2v) is 10.7. The SMILES string of the molecule is CC1(F)CN(C(=O)Cn2cnc3sc(C#CC4CCCN4)c(-c4ccc(F)c(Br)c4)c3c2=O)C1. The number of nitrogens with one attached hydrogen (secondary N) is 1. The van der Waals surface area contributed by atoms with Crippen LogP contribution in [-0.4, -0.2) is 51.7 Å². The van der Waals surface area contributed by atoms with Crippen molar-refractivity contribution in [1.82, 2.24) is 19.8 Å². The zero-order valence-electron chi connectivity index (χ0n) is 18.3. The van der Waals surface area contributed by atoms with Crippen LogP contribution < -0.4 is 10.9 Å². The Morgan fingerprint density at radius 2 is 2.21 bits per heavy atom. The molecule has 6 nitrogen and oxygen atoms in total. The van der Waals surface area contributed by atoms with E-state index >= 15 is 0 Å². The number of nitrogens with zero attached hydrogens (tertiary/aromatic N) is 3. The highest BCUT2D eigenvalue weighted by Gasteiger charge is 2.41. The maximum atomic E-state index is 13.9. The quantitative estimate of drug-likeness (QED) is 0.508. The largest absolute Gasteiger partial charge is 0.335 e. The highest BCUT2D eigenvalue weighted by molar-refractivity contribution is 9.10. The number of hydrogen-bond acceptors (Lipinski definition) is 5. The van der Waals surface area contributed by atoms with E-state index in [1.807, 2.05) is 0 Å². The lowest BCUT2D eigenvalue weighted by atomic mass is 9.99. The first-order valence-electron chi connectivity index (χ1n) is 10.9. The molecule has 176 valence electrons. The molecular weight excluding hydrogens is 526 g/mol. The summed E-state index contributed by atoms with van der Waals surface area (Å²) in [4.78, 5) is 33.0. The number of hydrogen-bond donors (Lipinski definition) is 1. The summed E-state index contributed by atoms with van der Waals surface area (Å²) in [6.07, 6.45) is 3.35. The first-order valence-corrected chi connectivity index (χ1v) is 12.5. The van der Waals surface area contributed by atoms with Gasteiger partial charge in [-0.2, -0.15) is 0 Å². The average molecular weight is 547 g/mol. The van der Waals surface area contributed by atoms with Crippen molar-refractivity contribution >= 4 is 43.4 Å². The monoisotopic (exact) mass is 546 g/mol. The molecule has 3 aromatic rings. The van der Waals surface area contributed by atoms with Gasteiger partial charge in [-0.1, -0.05) is 17.9 Å². The summed E-state index contributed by atoms with van der Waals surface area (Å²) in [5, 5.41) is 3.66. The normalized spacial score (nSPS) is 19.1. The van der Waals surface area contributed by atoms with E-state index < -0.39 is 11.5 Å². The molecule has 10 heteroatoms. The van der Waals surface area contributed by atoms with Gasteiger partial charge in [-0.25, -0.2) is 13.8 Å². The lowest BCUT2D eigenvalue weighted by Crippen LogP contribution is -2.60. The van der Waals surface area contributed by atoms with Gasteiger partial charge in [0.05, 0.1) is 40.2 Å². The van der Waals surface area contributed by atoms with Crippen molar-refractivity contribution in [2.45, 2.75) is 38.0 Å². The molecule has 0 spiro atoms. The lowest BCUT2D eigenvalue weighted by Gasteiger charge is -2.42. The molecule has 0 saturated carbocycles. The van der Waals surface area contributed by atoms with Crippen molar-refractivity contribution in [3.8, 4) is 23.0 Å². The summed E-state index contributed by atoms with van der Waals surface area (Å²) in [6, 6.07) is 4.62. The Hall–Kier alpha value is -2.61. The van der Waals surface area contributed by atoms with Crippen LogP contribution in [0.4, 0.5) is 8.78 Å². The molecule has 0 aliphatic carbocycles. The number of aromatic nitrogens is 2. The molecule has 0 radical (unpaired) electrons. The number of halogens is 3. The van der Waals surface area contributed by atoms with Gasteiger partial charge in [0.25, 0.3) is 5.56 Å². The topological polar surface area (TPSA) is 67.2 Å². The fourth-order valence-corrected chi connectivity index (χ4v) is 5.68. The Morgan fingerprint density at radius 3 is 2.88 bits per heavy atom. The fourth-order valence-electron chi connectivity index (χ4n) is 4.29. The molecule has 34 heavy (non-hydrogen) atoms. The molecule has 2 fully saturated rings. The summed E-state index contributed by atoms with van der Waals surface area (Å²) in [5.74, 6) is 5.68. The Morgan fingerprint density at radius 1 is 1.41 bits per heavy atom. The summed E-state index contributed by atoms with van der Waals surface area (Å²) >= 11 is 4.52. The minimum atomic E-state index is -1.39. The lowest BCUT2D eigenvalue weighted by molar-refractivity contribution is -0.144. The summed E-state index contributed by atoms with van der Waals surface area (Å²) < 4.78 is 29.3. The van der Waals surface area contributed by atoms with Crippen molar-refractivity contribution < 1.29 is 13.6 Å². The van der Waals surface area contributed by atoms with Gasteiger partial charge in [0, 0.05) is 5.56 Å². The summed E-state index contributed by atoms with van der Waals surface area (Å²) in [5.41, 5.74) is -0.574. The number of likely N-dealkylation sites (tertiary alicyclic amines) is 1. The maximum absolute atomic E-state index is 13.9. The molecule has 1 aromatic carbocycles. The van der Waals surface area contributed by atoms with Crippen molar-refractivity contribution in [3.05, 3.63) is 50.0 Å². The number of carbonyl (C=O) groups is 1. The van der Waals surface area contributed by atoms with Crippen LogP contribution in [0, 0.1) is 17.7 Å². The average Bonchev–Trinajstić information content (AvgIpc) is 3.42. The van der Waals surface area contributed by atoms with Crippen molar-refractivity contribution in [1.29, 1.82) is 0 Å². The van der Waals surface area contributed by atoms with Crippen LogP contribution in [0.2, 0.25) is 0 Å². The van der Waals surface area contributed by atoms with Gasteiger partial charge in [-0.15, -0.1) is 11.3 Å². The van der Waals surface area contributed by atoms with Gasteiger partial charge in [0.1, 0.15) is 22.9 Å². The number of amides is 1. The van der Waals surface area contributed by atoms with E-state index in [2.05, 4.69) is 38.1 Å². The third-order valence-electron chi connectivity index (χ3n) is 6.01. The molecule has 0 bridgehead atoms. The Kier molecular flexibility index (Phi) is 6.04. The Labute approximate surface area is 207 Å². The van der Waals surface area contributed by atoms with Crippen LogP contribution in [0.1, 0.15) is 24.6 Å². The first kappa shape index (κ1) is 23.1. The van der Waals surface area contributed by atoms with Gasteiger partial charge < -0.3 is 10.2 Å². The number of fused-ring (bicyclic) bond motifs is 1. The van der Waals surface area contributed by atoms with E-state index in [-0.39, 0.29) is 41.6 Å². The summed E-state index contributed by atoms with van der Waals surface area (Å²) in [7, 11) is 0. The maximum Gasteiger partial charge on any atom is 0.263 e. The summed E-state index contributed by atoms with van der Waals surface area (Å²) in [6.45, 7) is 2.16. The van der Waals surface area contributed by atoms with E-state index in [4.69, 9.17) is 0 Å². The van der Waals surface area contributed by atoms with E-state index in [1.165, 1.54) is 40.1 Å². The smallest absolute Gasteiger partial charge is 0.263 e. The van der Waals surface area contributed by atoms with Gasteiger partial charge in [-0.05, 0) is 59.9 Å². The standard InChI is InChI=1S/C24H21BrF2N4O2S/c1-24(27)11-31(12-24)19(32)10-30-13-29-22-21(23(30)33)20(14-4-6-17(26)16(25)9-14)18(34-22)7-5-15-3-2-8-28-15/h4,6,9,13,15,28H,2-3,8,10-12H2,1H3. The van der Waals surface area contributed by atoms with Crippen molar-refractivity contribution in [3.63, 3.8) is 0 Å². The molecule has 2 aliphatic heterocycles. The van der Waals surface area contributed by atoms with Gasteiger partial charge in [-0.3, -0.25) is 14.2 Å². The zero-order chi connectivity index (χ0) is 24.0. The second kappa shape index (κ2) is 8.87. The molecule has 1 unspecified atom stereocenters. The fraction of sp³-hybridized carbons (Fsp3) is 0.375. The van der Waals surface area contributed by atoms with Crippen LogP contribution in [0.25, 0.3) is 21.3 Å². The number of rotatable bonds is 3. The third-order valence-corrected chi connectivity index (χ3v) is 7.63.